The lowest BCUT2D eigenvalue weighted by Gasteiger charge is -2.24. The zero-order chi connectivity index (χ0) is 16.3. The molecule has 0 aliphatic rings. The van der Waals surface area contributed by atoms with Gasteiger partial charge in [0.25, 0.3) is 0 Å². The topological polar surface area (TPSA) is 55.4 Å². The molecule has 0 saturated heterocycles. The monoisotopic (exact) mass is 313 g/mol. The van der Waals surface area contributed by atoms with Gasteiger partial charge in [-0.25, -0.2) is 8.42 Å². The molecule has 0 saturated carbocycles. The van der Waals surface area contributed by atoms with Gasteiger partial charge in [0.1, 0.15) is 5.75 Å². The van der Waals surface area contributed by atoms with Crippen LogP contribution in [0.15, 0.2) is 24.3 Å². The fourth-order valence-electron chi connectivity index (χ4n) is 1.87. The van der Waals surface area contributed by atoms with Crippen LogP contribution in [0.1, 0.15) is 46.2 Å². The van der Waals surface area contributed by atoms with E-state index >= 15 is 0 Å². The van der Waals surface area contributed by atoms with Crippen LogP contribution >= 0.6 is 0 Å². The number of ether oxygens (including phenoxy) is 1. The summed E-state index contributed by atoms with van der Waals surface area (Å²) in [5.74, 6) is 0.875. The summed E-state index contributed by atoms with van der Waals surface area (Å²) < 4.78 is 29.5. The molecule has 120 valence electrons. The summed E-state index contributed by atoms with van der Waals surface area (Å²) in [7, 11) is -1.40. The fraction of sp³-hybridized carbons (Fsp3) is 0.625. The summed E-state index contributed by atoms with van der Waals surface area (Å²) >= 11 is 0. The van der Waals surface area contributed by atoms with Gasteiger partial charge in [0.05, 0.1) is 16.6 Å². The first-order valence-electron chi connectivity index (χ1n) is 7.23. The van der Waals surface area contributed by atoms with Crippen LogP contribution < -0.4 is 10.1 Å². The van der Waals surface area contributed by atoms with E-state index in [1.54, 1.807) is 27.8 Å². The lowest BCUT2D eigenvalue weighted by molar-refractivity contribution is 0.242. The summed E-state index contributed by atoms with van der Waals surface area (Å²) in [5, 5.41) is 3.09. The molecule has 0 aliphatic carbocycles. The average Bonchev–Trinajstić information content (AvgIpc) is 2.35. The van der Waals surface area contributed by atoms with Crippen molar-refractivity contribution in [3.63, 3.8) is 0 Å². The van der Waals surface area contributed by atoms with Gasteiger partial charge in [-0.15, -0.1) is 0 Å². The number of hydrogen-bond acceptors (Lipinski definition) is 4. The minimum atomic E-state index is -3.18. The average molecular weight is 313 g/mol. The molecular weight excluding hydrogens is 286 g/mol. The van der Waals surface area contributed by atoms with E-state index in [9.17, 15) is 8.42 Å². The summed E-state index contributed by atoms with van der Waals surface area (Å²) in [6.07, 6.45) is 0.122. The predicted octanol–water partition coefficient (Wildman–Crippen LogP) is 2.95. The van der Waals surface area contributed by atoms with Crippen molar-refractivity contribution in [1.82, 2.24) is 5.32 Å². The third kappa shape index (κ3) is 5.00. The van der Waals surface area contributed by atoms with Crippen LogP contribution in [0.25, 0.3) is 0 Å². The molecule has 0 bridgehead atoms. The summed E-state index contributed by atoms with van der Waals surface area (Å²) in [6, 6.07) is 7.36. The molecule has 0 spiro atoms. The molecule has 21 heavy (non-hydrogen) atoms. The quantitative estimate of drug-likeness (QED) is 0.877. The van der Waals surface area contributed by atoms with Crippen LogP contribution in [0.5, 0.6) is 5.75 Å². The second kappa shape index (κ2) is 6.79. The Labute approximate surface area is 128 Å². The molecule has 0 aliphatic heterocycles. The van der Waals surface area contributed by atoms with Gasteiger partial charge < -0.3 is 10.1 Å². The molecule has 1 N–H and O–H groups in total. The molecule has 0 heterocycles. The molecule has 1 rings (SSSR count). The zero-order valence-electron chi connectivity index (χ0n) is 13.8. The first-order valence-corrected chi connectivity index (χ1v) is 8.88. The van der Waals surface area contributed by atoms with E-state index in [2.05, 4.69) is 5.32 Å². The third-order valence-electron chi connectivity index (χ3n) is 3.32. The Morgan fingerprint density at radius 2 is 1.67 bits per heavy atom. The lowest BCUT2D eigenvalue weighted by atomic mass is 10.1. The molecule has 1 aromatic rings. The maximum Gasteiger partial charge on any atom is 0.157 e. The number of nitrogens with one attached hydrogen (secondary N) is 1. The molecule has 4 nitrogen and oxygen atoms in total. The highest BCUT2D eigenvalue weighted by molar-refractivity contribution is 7.92. The van der Waals surface area contributed by atoms with Crippen molar-refractivity contribution in [3.05, 3.63) is 29.8 Å². The Morgan fingerprint density at radius 1 is 1.14 bits per heavy atom. The van der Waals surface area contributed by atoms with Crippen molar-refractivity contribution < 1.29 is 13.2 Å². The van der Waals surface area contributed by atoms with Crippen molar-refractivity contribution in [1.29, 1.82) is 0 Å². The van der Waals surface area contributed by atoms with Crippen molar-refractivity contribution in [2.45, 2.75) is 51.5 Å². The second-order valence-electron chi connectivity index (χ2n) is 6.47. The van der Waals surface area contributed by atoms with E-state index in [4.69, 9.17) is 4.74 Å². The van der Waals surface area contributed by atoms with Crippen molar-refractivity contribution in [2.24, 2.45) is 0 Å². The van der Waals surface area contributed by atoms with Crippen molar-refractivity contribution >= 4 is 9.84 Å². The molecule has 0 amide bonds. The van der Waals surface area contributed by atoms with Gasteiger partial charge in [0.15, 0.2) is 9.84 Å². The lowest BCUT2D eigenvalue weighted by Crippen LogP contribution is -2.35. The summed E-state index contributed by atoms with van der Waals surface area (Å²) in [5.41, 5.74) is 0.946. The fourth-order valence-corrected chi connectivity index (χ4v) is 3.16. The van der Waals surface area contributed by atoms with E-state index in [1.165, 1.54) is 0 Å². The number of sulfone groups is 1. The van der Waals surface area contributed by atoms with Gasteiger partial charge >= 0.3 is 0 Å². The standard InChI is InChI=1S/C16H27NO3S/c1-12(2)20-14-9-7-13(8-10-14)15(17-6)11-21(18,19)16(3,4)5/h7-10,12,15,17H,11H2,1-6H3. The van der Waals surface area contributed by atoms with Crippen LogP contribution in [0, 0.1) is 0 Å². The molecule has 1 atom stereocenters. The van der Waals surface area contributed by atoms with Crippen molar-refractivity contribution in [3.8, 4) is 5.75 Å². The van der Waals surface area contributed by atoms with Crippen LogP contribution in [0.4, 0.5) is 0 Å². The SMILES string of the molecule is CNC(CS(=O)(=O)C(C)(C)C)c1ccc(OC(C)C)cc1. The van der Waals surface area contributed by atoms with Crippen LogP contribution in [-0.2, 0) is 9.84 Å². The van der Waals surface area contributed by atoms with Gasteiger partial charge in [-0.2, -0.15) is 0 Å². The molecule has 0 fully saturated rings. The van der Waals surface area contributed by atoms with E-state index < -0.39 is 14.6 Å². The van der Waals surface area contributed by atoms with E-state index in [1.807, 2.05) is 38.1 Å². The highest BCUT2D eigenvalue weighted by Gasteiger charge is 2.31. The Morgan fingerprint density at radius 3 is 2.05 bits per heavy atom. The van der Waals surface area contributed by atoms with Gasteiger partial charge in [-0.1, -0.05) is 12.1 Å². The van der Waals surface area contributed by atoms with Crippen LogP contribution in [0.3, 0.4) is 0 Å². The number of rotatable bonds is 6. The highest BCUT2D eigenvalue weighted by atomic mass is 32.2. The maximum atomic E-state index is 12.3. The van der Waals surface area contributed by atoms with Gasteiger partial charge in [0, 0.05) is 6.04 Å². The number of benzene rings is 1. The third-order valence-corrected chi connectivity index (χ3v) is 5.96. The highest BCUT2D eigenvalue weighted by Crippen LogP contribution is 2.24. The molecular formula is C16H27NO3S. The minimum Gasteiger partial charge on any atom is -0.491 e. The number of hydrogen-bond donors (Lipinski definition) is 1. The normalized spacial score (nSPS) is 14.2. The Balaban J connectivity index is 2.91. The Kier molecular flexibility index (Phi) is 5.82. The summed E-state index contributed by atoms with van der Waals surface area (Å²) in [4.78, 5) is 0. The first-order chi connectivity index (χ1) is 9.56. The smallest absolute Gasteiger partial charge is 0.157 e. The molecule has 5 heteroatoms. The summed E-state index contributed by atoms with van der Waals surface area (Å²) in [6.45, 7) is 9.14. The second-order valence-corrected chi connectivity index (χ2v) is 9.26. The minimum absolute atomic E-state index is 0.0807. The molecule has 1 aromatic carbocycles. The first kappa shape index (κ1) is 18.0. The zero-order valence-corrected chi connectivity index (χ0v) is 14.6. The van der Waals surface area contributed by atoms with E-state index in [0.29, 0.717) is 0 Å². The van der Waals surface area contributed by atoms with E-state index in [-0.39, 0.29) is 17.9 Å². The van der Waals surface area contributed by atoms with Gasteiger partial charge in [-0.05, 0) is 59.4 Å². The van der Waals surface area contributed by atoms with Crippen LogP contribution in [0.2, 0.25) is 0 Å². The van der Waals surface area contributed by atoms with E-state index in [0.717, 1.165) is 11.3 Å². The predicted molar refractivity (Wildman–Crippen MR) is 87.5 cm³/mol. The Bertz CT molecular complexity index is 542. The largest absolute Gasteiger partial charge is 0.491 e. The maximum absolute atomic E-state index is 12.3. The van der Waals surface area contributed by atoms with Gasteiger partial charge in [-0.3, -0.25) is 0 Å². The molecule has 0 radical (unpaired) electrons. The molecule has 1 unspecified atom stereocenters. The van der Waals surface area contributed by atoms with Gasteiger partial charge in [0.2, 0.25) is 0 Å². The van der Waals surface area contributed by atoms with Crippen LogP contribution in [-0.4, -0.2) is 32.1 Å². The van der Waals surface area contributed by atoms with Crippen molar-refractivity contribution in [2.75, 3.05) is 12.8 Å². The molecule has 0 aromatic heterocycles. The Hall–Kier alpha value is -1.07.